The third-order valence-electron chi connectivity index (χ3n) is 2.44. The molecule has 0 aliphatic carbocycles. The molecule has 0 atom stereocenters. The minimum atomic E-state index is -0.0608. The molecular weight excluding hydrogens is 259 g/mol. The average Bonchev–Trinajstić information content (AvgIpc) is 2.29. The van der Waals surface area contributed by atoms with Crippen LogP contribution < -0.4 is 5.73 Å². The molecule has 0 bridgehead atoms. The fourth-order valence-electron chi connectivity index (χ4n) is 1.62. The van der Waals surface area contributed by atoms with Crippen LogP contribution in [0.3, 0.4) is 0 Å². The molecule has 88 valence electrons. The summed E-state index contributed by atoms with van der Waals surface area (Å²) in [4.78, 5) is 15.9. The van der Waals surface area contributed by atoms with Crippen LogP contribution in [-0.2, 0) is 0 Å². The Morgan fingerprint density at radius 2 is 2.00 bits per heavy atom. The lowest BCUT2D eigenvalue weighted by molar-refractivity contribution is 0.0985. The Hall–Kier alpha value is -1.16. The Morgan fingerprint density at radius 3 is 2.71 bits per heavy atom. The van der Waals surface area contributed by atoms with E-state index in [2.05, 4.69) is 4.98 Å². The van der Waals surface area contributed by atoms with Crippen LogP contribution in [0.2, 0.25) is 10.2 Å². The minimum Gasteiger partial charge on any atom is -0.330 e. The normalized spacial score (nSPS) is 10.8. The van der Waals surface area contributed by atoms with E-state index in [4.69, 9.17) is 28.9 Å². The number of fused-ring (bicyclic) bond motifs is 1. The maximum Gasteiger partial charge on any atom is 0.165 e. The van der Waals surface area contributed by atoms with Gasteiger partial charge in [-0.3, -0.25) is 4.79 Å². The number of ketones is 1. The van der Waals surface area contributed by atoms with Crippen LogP contribution in [0.1, 0.15) is 16.8 Å². The van der Waals surface area contributed by atoms with Crippen molar-refractivity contribution in [2.24, 2.45) is 5.73 Å². The summed E-state index contributed by atoms with van der Waals surface area (Å²) in [6.07, 6.45) is 0.284. The van der Waals surface area contributed by atoms with Crippen molar-refractivity contribution in [1.29, 1.82) is 0 Å². The smallest absolute Gasteiger partial charge is 0.165 e. The van der Waals surface area contributed by atoms with Gasteiger partial charge >= 0.3 is 0 Å². The fourth-order valence-corrected chi connectivity index (χ4v) is 2.11. The number of halogens is 2. The van der Waals surface area contributed by atoms with E-state index in [1.165, 1.54) is 0 Å². The Labute approximate surface area is 109 Å². The first-order valence-electron chi connectivity index (χ1n) is 5.11. The topological polar surface area (TPSA) is 56.0 Å². The molecule has 0 saturated heterocycles. The number of rotatable bonds is 3. The number of carbonyl (C=O) groups excluding carboxylic acids is 1. The summed E-state index contributed by atoms with van der Waals surface area (Å²) >= 11 is 12.0. The lowest BCUT2D eigenvalue weighted by Crippen LogP contribution is -2.08. The van der Waals surface area contributed by atoms with Crippen LogP contribution in [0, 0.1) is 0 Å². The van der Waals surface area contributed by atoms with Crippen LogP contribution in [0.25, 0.3) is 10.9 Å². The summed E-state index contributed by atoms with van der Waals surface area (Å²) in [5, 5.41) is 1.53. The highest BCUT2D eigenvalue weighted by atomic mass is 35.5. The van der Waals surface area contributed by atoms with Crippen LogP contribution in [-0.4, -0.2) is 17.3 Å². The number of pyridine rings is 1. The van der Waals surface area contributed by atoms with E-state index in [1.54, 1.807) is 24.3 Å². The summed E-state index contributed by atoms with van der Waals surface area (Å²) < 4.78 is 0. The highest BCUT2D eigenvalue weighted by Crippen LogP contribution is 2.28. The molecule has 0 spiro atoms. The lowest BCUT2D eigenvalue weighted by atomic mass is 10.1. The van der Waals surface area contributed by atoms with Gasteiger partial charge in [0.25, 0.3) is 0 Å². The monoisotopic (exact) mass is 268 g/mol. The predicted octanol–water partition coefficient (Wildman–Crippen LogP) is 3.07. The van der Waals surface area contributed by atoms with Crippen molar-refractivity contribution in [3.8, 4) is 0 Å². The Bertz CT molecular complexity index is 584. The third kappa shape index (κ3) is 2.41. The number of aromatic nitrogens is 1. The van der Waals surface area contributed by atoms with Crippen LogP contribution in [0.5, 0.6) is 0 Å². The Balaban J connectivity index is 2.58. The van der Waals surface area contributed by atoms with Crippen molar-refractivity contribution in [3.63, 3.8) is 0 Å². The maximum atomic E-state index is 11.8. The largest absolute Gasteiger partial charge is 0.330 e. The Morgan fingerprint density at radius 1 is 1.24 bits per heavy atom. The van der Waals surface area contributed by atoms with Gasteiger partial charge in [0.1, 0.15) is 5.15 Å². The summed E-state index contributed by atoms with van der Waals surface area (Å²) in [5.41, 5.74) is 6.51. The fraction of sp³-hybridized carbons (Fsp3) is 0.167. The van der Waals surface area contributed by atoms with E-state index in [-0.39, 0.29) is 12.2 Å². The molecular formula is C12H10Cl2N2O. The number of benzene rings is 1. The summed E-state index contributed by atoms with van der Waals surface area (Å²) in [6, 6.07) is 6.79. The highest BCUT2D eigenvalue weighted by molar-refractivity contribution is 6.38. The van der Waals surface area contributed by atoms with E-state index < -0.39 is 0 Å². The number of nitrogens with two attached hydrogens (primary N) is 1. The van der Waals surface area contributed by atoms with Gasteiger partial charge in [-0.05, 0) is 30.8 Å². The van der Waals surface area contributed by atoms with Crippen molar-refractivity contribution >= 4 is 39.9 Å². The van der Waals surface area contributed by atoms with E-state index in [1.807, 2.05) is 0 Å². The maximum absolute atomic E-state index is 11.8. The molecule has 1 aromatic carbocycles. The summed E-state index contributed by atoms with van der Waals surface area (Å²) in [6.45, 7) is 0.312. The van der Waals surface area contributed by atoms with Crippen molar-refractivity contribution in [2.45, 2.75) is 6.42 Å². The zero-order valence-electron chi connectivity index (χ0n) is 8.91. The molecule has 0 amide bonds. The summed E-state index contributed by atoms with van der Waals surface area (Å²) in [7, 11) is 0. The molecule has 0 radical (unpaired) electrons. The molecule has 2 N–H and O–H groups in total. The van der Waals surface area contributed by atoms with Crippen molar-refractivity contribution in [3.05, 3.63) is 40.0 Å². The molecule has 0 aliphatic heterocycles. The van der Waals surface area contributed by atoms with E-state index in [9.17, 15) is 4.79 Å². The van der Waals surface area contributed by atoms with Gasteiger partial charge in [-0.1, -0.05) is 23.2 Å². The van der Waals surface area contributed by atoms with Crippen molar-refractivity contribution in [2.75, 3.05) is 6.54 Å². The molecule has 0 saturated carbocycles. The van der Waals surface area contributed by atoms with Gasteiger partial charge in [-0.25, -0.2) is 4.98 Å². The third-order valence-corrected chi connectivity index (χ3v) is 3.06. The predicted molar refractivity (Wildman–Crippen MR) is 69.8 cm³/mol. The molecule has 0 fully saturated rings. The average molecular weight is 269 g/mol. The number of hydrogen-bond donors (Lipinski definition) is 1. The molecule has 1 heterocycles. The number of hydrogen-bond acceptors (Lipinski definition) is 3. The molecule has 1 aromatic heterocycles. The van der Waals surface area contributed by atoms with Crippen molar-refractivity contribution in [1.82, 2.24) is 4.98 Å². The molecule has 17 heavy (non-hydrogen) atoms. The quantitative estimate of drug-likeness (QED) is 0.688. The van der Waals surface area contributed by atoms with Crippen LogP contribution >= 0.6 is 23.2 Å². The van der Waals surface area contributed by atoms with E-state index in [0.717, 1.165) is 5.39 Å². The van der Waals surface area contributed by atoms with Gasteiger partial charge in [0.05, 0.1) is 10.5 Å². The molecule has 2 aromatic rings. The first-order valence-corrected chi connectivity index (χ1v) is 5.87. The van der Waals surface area contributed by atoms with Gasteiger partial charge in [0.2, 0.25) is 0 Å². The zero-order valence-corrected chi connectivity index (χ0v) is 10.4. The van der Waals surface area contributed by atoms with Gasteiger partial charge in [0.15, 0.2) is 5.78 Å². The number of nitrogens with zero attached hydrogens (tertiary/aromatic N) is 1. The Kier molecular flexibility index (Phi) is 3.62. The number of Topliss-reactive ketones (excluding diaryl/α,β-unsaturated/α-hetero) is 1. The van der Waals surface area contributed by atoms with Gasteiger partial charge in [-0.2, -0.15) is 0 Å². The standard InChI is InChI=1S/C12H10Cl2N2O/c13-11-4-2-7-9(16-11)3-1-8(12(7)14)10(17)5-6-15/h1-4H,5-6,15H2. The second-order valence-electron chi connectivity index (χ2n) is 3.59. The van der Waals surface area contributed by atoms with Gasteiger partial charge in [-0.15, -0.1) is 0 Å². The molecule has 5 heteroatoms. The van der Waals surface area contributed by atoms with E-state index in [0.29, 0.717) is 27.8 Å². The molecule has 0 aliphatic rings. The molecule has 2 rings (SSSR count). The first kappa shape index (κ1) is 12.3. The van der Waals surface area contributed by atoms with Crippen LogP contribution in [0.15, 0.2) is 24.3 Å². The van der Waals surface area contributed by atoms with E-state index >= 15 is 0 Å². The first-order chi connectivity index (χ1) is 8.13. The SMILES string of the molecule is NCCC(=O)c1ccc2nc(Cl)ccc2c1Cl. The lowest BCUT2D eigenvalue weighted by Gasteiger charge is -2.06. The number of carbonyl (C=O) groups is 1. The molecule has 0 unspecified atom stereocenters. The second-order valence-corrected chi connectivity index (χ2v) is 4.35. The van der Waals surface area contributed by atoms with Crippen molar-refractivity contribution < 1.29 is 4.79 Å². The highest BCUT2D eigenvalue weighted by Gasteiger charge is 2.12. The minimum absolute atomic E-state index is 0.0608. The zero-order chi connectivity index (χ0) is 12.4. The van der Waals surface area contributed by atoms with Gasteiger partial charge in [0, 0.05) is 17.4 Å². The summed E-state index contributed by atoms with van der Waals surface area (Å²) in [5.74, 6) is -0.0608. The molecule has 3 nitrogen and oxygen atoms in total. The van der Waals surface area contributed by atoms with Gasteiger partial charge < -0.3 is 5.73 Å². The van der Waals surface area contributed by atoms with Crippen LogP contribution in [0.4, 0.5) is 0 Å². The second kappa shape index (κ2) is 5.00.